The van der Waals surface area contributed by atoms with Crippen molar-refractivity contribution in [3.05, 3.63) is 21.4 Å². The van der Waals surface area contributed by atoms with Crippen molar-refractivity contribution in [3.8, 4) is 24.0 Å². The van der Waals surface area contributed by atoms with Crippen molar-refractivity contribution in [2.24, 2.45) is 0 Å². The smallest absolute Gasteiger partial charge is 0.265 e. The Morgan fingerprint density at radius 3 is 2.58 bits per heavy atom. The Hall–Kier alpha value is -2.33. The average molecular weight is 273 g/mol. The number of aliphatic hydroxyl groups is 1. The second-order valence-electron chi connectivity index (χ2n) is 3.56. The third-order valence-electron chi connectivity index (χ3n) is 2.22. The van der Waals surface area contributed by atoms with Gasteiger partial charge in [-0.2, -0.15) is 10.5 Å². The molecule has 5 nitrogen and oxygen atoms in total. The van der Waals surface area contributed by atoms with E-state index in [1.54, 1.807) is 6.07 Å². The molecule has 0 fully saturated rings. The van der Waals surface area contributed by atoms with Gasteiger partial charge in [0.05, 0.1) is 21.9 Å². The van der Waals surface area contributed by atoms with Crippen LogP contribution in [0.2, 0.25) is 0 Å². The van der Waals surface area contributed by atoms with Crippen LogP contribution in [0.25, 0.3) is 0 Å². The van der Waals surface area contributed by atoms with Gasteiger partial charge in [0.25, 0.3) is 5.91 Å². The number of nitrogens with zero attached hydrogens (tertiary/aromatic N) is 3. The zero-order valence-corrected chi connectivity index (χ0v) is 11.1. The first-order valence-corrected chi connectivity index (χ1v) is 6.19. The summed E-state index contributed by atoms with van der Waals surface area (Å²) in [4.78, 5) is 14.4. The van der Waals surface area contributed by atoms with E-state index in [9.17, 15) is 4.79 Å². The number of aryl methyl sites for hydroxylation is 1. The van der Waals surface area contributed by atoms with Gasteiger partial charge in [-0.05, 0) is 18.6 Å². The first-order valence-electron chi connectivity index (χ1n) is 5.37. The molecular formula is C13H11N3O2S. The first kappa shape index (κ1) is 14.7. The number of rotatable bonds is 3. The lowest BCUT2D eigenvalue weighted by atomic mass is 10.2. The molecule has 1 heterocycles. The molecule has 0 atom stereocenters. The van der Waals surface area contributed by atoms with E-state index in [-0.39, 0.29) is 25.6 Å². The molecule has 0 saturated carbocycles. The van der Waals surface area contributed by atoms with Gasteiger partial charge in [0.2, 0.25) is 0 Å². The maximum atomic E-state index is 12.1. The van der Waals surface area contributed by atoms with Gasteiger partial charge in [-0.1, -0.05) is 11.8 Å². The summed E-state index contributed by atoms with van der Waals surface area (Å²) in [7, 11) is 0. The number of thiophene rings is 1. The quantitative estimate of drug-likeness (QED) is 0.654. The largest absolute Gasteiger partial charge is 0.384 e. The van der Waals surface area contributed by atoms with Crippen LogP contribution in [0.3, 0.4) is 0 Å². The Bertz CT molecular complexity index is 595. The minimum absolute atomic E-state index is 0.124. The molecule has 0 aliphatic rings. The normalized spacial score (nSPS) is 8.84. The van der Waals surface area contributed by atoms with Gasteiger partial charge in [0, 0.05) is 0 Å². The molecule has 0 aromatic carbocycles. The van der Waals surface area contributed by atoms with Gasteiger partial charge in [-0.25, -0.2) is 0 Å². The van der Waals surface area contributed by atoms with Crippen LogP contribution in [0.1, 0.15) is 20.1 Å². The molecule has 0 unspecified atom stereocenters. The minimum atomic E-state index is -0.353. The number of amides is 1. The number of nitriles is 2. The second kappa shape index (κ2) is 7.18. The Balaban J connectivity index is 3.00. The highest BCUT2D eigenvalue weighted by atomic mass is 32.1. The van der Waals surface area contributed by atoms with E-state index in [0.717, 1.165) is 5.56 Å². The van der Waals surface area contributed by atoms with E-state index in [1.165, 1.54) is 16.2 Å². The van der Waals surface area contributed by atoms with Crippen molar-refractivity contribution in [1.29, 1.82) is 10.5 Å². The molecule has 1 aromatic heterocycles. The fourth-order valence-electron chi connectivity index (χ4n) is 1.36. The minimum Gasteiger partial charge on any atom is -0.384 e. The van der Waals surface area contributed by atoms with E-state index < -0.39 is 0 Å². The SMILES string of the molecule is Cc1cc(C(=O)N(CC#N)CC#N)sc1C#CCO. The van der Waals surface area contributed by atoms with Crippen molar-refractivity contribution in [3.63, 3.8) is 0 Å². The zero-order valence-electron chi connectivity index (χ0n) is 10.3. The molecule has 0 radical (unpaired) electrons. The van der Waals surface area contributed by atoms with Gasteiger partial charge in [0.1, 0.15) is 19.7 Å². The molecule has 0 saturated heterocycles. The maximum Gasteiger partial charge on any atom is 0.265 e. The standard InChI is InChI=1S/C13H11N3O2S/c1-10-9-12(19-11(10)3-2-8-17)13(18)16(6-4-14)7-5-15/h9,17H,6-8H2,1H3. The Kier molecular flexibility index (Phi) is 5.57. The van der Waals surface area contributed by atoms with Crippen LogP contribution < -0.4 is 0 Å². The summed E-state index contributed by atoms with van der Waals surface area (Å²) in [6.45, 7) is 1.32. The second-order valence-corrected chi connectivity index (χ2v) is 4.61. The van der Waals surface area contributed by atoms with Crippen LogP contribution in [-0.2, 0) is 0 Å². The third-order valence-corrected chi connectivity index (χ3v) is 3.36. The number of hydrogen-bond acceptors (Lipinski definition) is 5. The molecule has 19 heavy (non-hydrogen) atoms. The monoisotopic (exact) mass is 273 g/mol. The molecular weight excluding hydrogens is 262 g/mol. The van der Waals surface area contributed by atoms with E-state index in [4.69, 9.17) is 15.6 Å². The summed E-state index contributed by atoms with van der Waals surface area (Å²) in [5.41, 5.74) is 0.836. The fraction of sp³-hybridized carbons (Fsp3) is 0.308. The van der Waals surface area contributed by atoms with Crippen LogP contribution in [0, 0.1) is 41.4 Å². The summed E-state index contributed by atoms with van der Waals surface area (Å²) >= 11 is 1.19. The summed E-state index contributed by atoms with van der Waals surface area (Å²) in [6.07, 6.45) is 0. The molecule has 6 heteroatoms. The predicted octanol–water partition coefficient (Wildman–Crippen LogP) is 0.890. The molecule has 0 spiro atoms. The third kappa shape index (κ3) is 3.82. The zero-order chi connectivity index (χ0) is 14.3. The molecule has 1 aromatic rings. The number of carbonyl (C=O) groups is 1. The Labute approximate surface area is 115 Å². The average Bonchev–Trinajstić information content (AvgIpc) is 2.76. The van der Waals surface area contributed by atoms with Crippen molar-refractivity contribution >= 4 is 17.2 Å². The van der Waals surface area contributed by atoms with E-state index in [1.807, 2.05) is 19.1 Å². The summed E-state index contributed by atoms with van der Waals surface area (Å²) in [5.74, 6) is 4.93. The first-order chi connectivity index (χ1) is 9.13. The molecule has 96 valence electrons. The van der Waals surface area contributed by atoms with Crippen molar-refractivity contribution in [2.45, 2.75) is 6.92 Å². The fourth-order valence-corrected chi connectivity index (χ4v) is 2.37. The lowest BCUT2D eigenvalue weighted by molar-refractivity contribution is 0.0799. The molecule has 0 aliphatic heterocycles. The van der Waals surface area contributed by atoms with Crippen LogP contribution in [0.15, 0.2) is 6.07 Å². The topological polar surface area (TPSA) is 88.1 Å². The van der Waals surface area contributed by atoms with Crippen LogP contribution in [0.4, 0.5) is 0 Å². The van der Waals surface area contributed by atoms with E-state index >= 15 is 0 Å². The van der Waals surface area contributed by atoms with E-state index in [0.29, 0.717) is 9.75 Å². The Morgan fingerprint density at radius 2 is 2.05 bits per heavy atom. The highest BCUT2D eigenvalue weighted by molar-refractivity contribution is 7.14. The lowest BCUT2D eigenvalue weighted by Gasteiger charge is -2.13. The Morgan fingerprint density at radius 1 is 1.42 bits per heavy atom. The van der Waals surface area contributed by atoms with Crippen molar-refractivity contribution in [2.75, 3.05) is 19.7 Å². The molecule has 0 aliphatic carbocycles. The van der Waals surface area contributed by atoms with Gasteiger partial charge >= 0.3 is 0 Å². The van der Waals surface area contributed by atoms with Gasteiger partial charge in [-0.15, -0.1) is 11.3 Å². The number of aliphatic hydroxyl groups excluding tert-OH is 1. The molecule has 1 amide bonds. The van der Waals surface area contributed by atoms with Gasteiger partial charge in [-0.3, -0.25) is 4.79 Å². The molecule has 0 bridgehead atoms. The molecule has 1 N–H and O–H groups in total. The number of hydrogen-bond donors (Lipinski definition) is 1. The summed E-state index contributed by atoms with van der Waals surface area (Å²) in [5, 5.41) is 25.9. The van der Waals surface area contributed by atoms with Crippen molar-refractivity contribution < 1.29 is 9.90 Å². The van der Waals surface area contributed by atoms with Crippen LogP contribution in [0.5, 0.6) is 0 Å². The number of carbonyl (C=O) groups excluding carboxylic acids is 1. The predicted molar refractivity (Wildman–Crippen MR) is 70.1 cm³/mol. The van der Waals surface area contributed by atoms with Crippen molar-refractivity contribution in [1.82, 2.24) is 4.90 Å². The maximum absolute atomic E-state index is 12.1. The van der Waals surface area contributed by atoms with Crippen LogP contribution in [-0.4, -0.2) is 35.6 Å². The van der Waals surface area contributed by atoms with Gasteiger partial charge in [0.15, 0.2) is 0 Å². The highest BCUT2D eigenvalue weighted by Gasteiger charge is 2.18. The van der Waals surface area contributed by atoms with Crippen LogP contribution >= 0.6 is 11.3 Å². The molecule has 1 rings (SSSR count). The van der Waals surface area contributed by atoms with E-state index in [2.05, 4.69) is 11.8 Å². The highest BCUT2D eigenvalue weighted by Crippen LogP contribution is 2.22. The summed E-state index contributed by atoms with van der Waals surface area (Å²) < 4.78 is 0. The summed E-state index contributed by atoms with van der Waals surface area (Å²) in [6, 6.07) is 5.39. The van der Waals surface area contributed by atoms with Gasteiger partial charge < -0.3 is 10.0 Å². The lowest BCUT2D eigenvalue weighted by Crippen LogP contribution is -2.31.